The summed E-state index contributed by atoms with van der Waals surface area (Å²) in [5.74, 6) is 0.297. The maximum atomic E-state index is 12.5. The van der Waals surface area contributed by atoms with Crippen LogP contribution in [-0.4, -0.2) is 22.3 Å². The summed E-state index contributed by atoms with van der Waals surface area (Å²) in [6, 6.07) is 11.8. The van der Waals surface area contributed by atoms with Crippen LogP contribution in [0.5, 0.6) is 0 Å². The maximum absolute atomic E-state index is 12.5. The molecule has 4 rings (SSSR count). The zero-order chi connectivity index (χ0) is 16.7. The van der Waals surface area contributed by atoms with Gasteiger partial charge in [0.25, 0.3) is 5.91 Å². The minimum atomic E-state index is -0.0726. The molecule has 0 saturated carbocycles. The molecule has 0 spiro atoms. The molecule has 24 heavy (non-hydrogen) atoms. The summed E-state index contributed by atoms with van der Waals surface area (Å²) in [5.41, 5.74) is 3.48. The van der Waals surface area contributed by atoms with Crippen LogP contribution < -0.4 is 0 Å². The second kappa shape index (κ2) is 6.18. The topological polar surface area (TPSA) is 46.3 Å². The Balaban J connectivity index is 1.57. The Kier molecular flexibility index (Phi) is 4.02. The van der Waals surface area contributed by atoms with Crippen molar-refractivity contribution >= 4 is 33.2 Å². The van der Waals surface area contributed by atoms with Crippen LogP contribution >= 0.6 is 27.3 Å². The van der Waals surface area contributed by atoms with Crippen LogP contribution in [-0.2, 0) is 13.0 Å². The molecule has 0 aliphatic carbocycles. The van der Waals surface area contributed by atoms with Gasteiger partial charge in [-0.1, -0.05) is 29.8 Å². The van der Waals surface area contributed by atoms with Crippen molar-refractivity contribution in [2.45, 2.75) is 19.9 Å². The normalized spacial score (nSPS) is 13.8. The molecular weight excluding hydrogens is 388 g/mol. The van der Waals surface area contributed by atoms with Gasteiger partial charge < -0.3 is 9.32 Å². The average molecular weight is 403 g/mol. The number of benzene rings is 1. The largest absolute Gasteiger partial charge is 0.444 e. The number of rotatable bonds is 2. The highest BCUT2D eigenvalue weighted by molar-refractivity contribution is 9.10. The van der Waals surface area contributed by atoms with Gasteiger partial charge in [-0.3, -0.25) is 4.79 Å². The second-order valence-electron chi connectivity index (χ2n) is 5.84. The molecule has 4 nitrogen and oxygen atoms in total. The molecule has 122 valence electrons. The number of hydrogen-bond acceptors (Lipinski definition) is 4. The quantitative estimate of drug-likeness (QED) is 0.625. The number of hydrogen-bond donors (Lipinski definition) is 0. The Bertz CT molecular complexity index is 898. The predicted octanol–water partition coefficient (Wildman–Crippen LogP) is 4.67. The highest BCUT2D eigenvalue weighted by atomic mass is 79.9. The predicted molar refractivity (Wildman–Crippen MR) is 97.1 cm³/mol. The molecule has 0 N–H and O–H groups in total. The monoisotopic (exact) mass is 402 g/mol. The van der Waals surface area contributed by atoms with Crippen molar-refractivity contribution in [3.8, 4) is 10.6 Å². The molecule has 1 aliphatic rings. The van der Waals surface area contributed by atoms with E-state index in [0.717, 1.165) is 27.6 Å². The molecule has 0 unspecified atom stereocenters. The Hall–Kier alpha value is -1.92. The van der Waals surface area contributed by atoms with Crippen molar-refractivity contribution in [3.63, 3.8) is 0 Å². The van der Waals surface area contributed by atoms with E-state index in [-0.39, 0.29) is 5.91 Å². The van der Waals surface area contributed by atoms with Crippen LogP contribution in [0.25, 0.3) is 10.6 Å². The van der Waals surface area contributed by atoms with Crippen molar-refractivity contribution in [1.29, 1.82) is 0 Å². The van der Waals surface area contributed by atoms with Crippen LogP contribution in [0.15, 0.2) is 45.5 Å². The zero-order valence-electron chi connectivity index (χ0n) is 13.1. The van der Waals surface area contributed by atoms with Crippen LogP contribution in [0, 0.1) is 6.92 Å². The van der Waals surface area contributed by atoms with E-state index in [0.29, 0.717) is 23.5 Å². The Labute approximate surface area is 152 Å². The minimum absolute atomic E-state index is 0.0726. The number of furan rings is 1. The van der Waals surface area contributed by atoms with Crippen LogP contribution in [0.1, 0.15) is 26.7 Å². The van der Waals surface area contributed by atoms with Crippen molar-refractivity contribution in [1.82, 2.24) is 9.88 Å². The number of nitrogens with zero attached hydrogens (tertiary/aromatic N) is 2. The molecule has 6 heteroatoms. The highest BCUT2D eigenvalue weighted by Crippen LogP contribution is 2.32. The van der Waals surface area contributed by atoms with E-state index in [2.05, 4.69) is 47.1 Å². The van der Waals surface area contributed by atoms with Gasteiger partial charge in [0.1, 0.15) is 5.01 Å². The fourth-order valence-electron chi connectivity index (χ4n) is 2.77. The lowest BCUT2D eigenvalue weighted by atomic mass is 10.1. The lowest BCUT2D eigenvalue weighted by Crippen LogP contribution is -2.35. The molecule has 2 aromatic heterocycles. The van der Waals surface area contributed by atoms with Gasteiger partial charge in [0.05, 0.1) is 12.2 Å². The summed E-state index contributed by atoms with van der Waals surface area (Å²) in [6.07, 6.45) is 0.783. The average Bonchev–Trinajstić information content (AvgIpc) is 3.20. The van der Waals surface area contributed by atoms with E-state index >= 15 is 0 Å². The van der Waals surface area contributed by atoms with Gasteiger partial charge in [0, 0.05) is 23.4 Å². The third kappa shape index (κ3) is 2.91. The molecule has 0 fully saturated rings. The third-order valence-corrected chi connectivity index (χ3v) is 5.66. The van der Waals surface area contributed by atoms with Gasteiger partial charge in [-0.05, 0) is 35.0 Å². The number of aromatic nitrogens is 1. The molecule has 0 bridgehead atoms. The summed E-state index contributed by atoms with van der Waals surface area (Å²) < 4.78 is 5.96. The van der Waals surface area contributed by atoms with E-state index in [1.165, 1.54) is 5.56 Å². The summed E-state index contributed by atoms with van der Waals surface area (Å²) in [5, 5.41) is 1.02. The van der Waals surface area contributed by atoms with Gasteiger partial charge in [0.2, 0.25) is 0 Å². The first kappa shape index (κ1) is 15.6. The van der Waals surface area contributed by atoms with Gasteiger partial charge in [-0.2, -0.15) is 0 Å². The van der Waals surface area contributed by atoms with Crippen molar-refractivity contribution in [2.75, 3.05) is 6.54 Å². The standard InChI is InChI=1S/C18H15BrN2O2S/c1-11-2-4-12(5-3-11)17-20-13-8-9-21(10-15(13)24-17)18(22)14-6-7-16(19)23-14/h2-7H,8-10H2,1H3. The number of carbonyl (C=O) groups excluding carboxylic acids is 1. The van der Waals surface area contributed by atoms with Crippen molar-refractivity contribution in [2.24, 2.45) is 0 Å². The highest BCUT2D eigenvalue weighted by Gasteiger charge is 2.26. The molecule has 1 amide bonds. The number of thiazole rings is 1. The first-order chi connectivity index (χ1) is 11.6. The zero-order valence-corrected chi connectivity index (χ0v) is 15.5. The second-order valence-corrected chi connectivity index (χ2v) is 7.70. The van der Waals surface area contributed by atoms with Crippen LogP contribution in [0.2, 0.25) is 0 Å². The molecule has 1 aliphatic heterocycles. The lowest BCUT2D eigenvalue weighted by molar-refractivity contribution is 0.0702. The van der Waals surface area contributed by atoms with E-state index < -0.39 is 0 Å². The third-order valence-electron chi connectivity index (χ3n) is 4.10. The minimum Gasteiger partial charge on any atom is -0.444 e. The molecule has 3 heterocycles. The number of carbonyl (C=O) groups is 1. The lowest BCUT2D eigenvalue weighted by Gasteiger charge is -2.25. The van der Waals surface area contributed by atoms with E-state index in [9.17, 15) is 4.79 Å². The fraction of sp³-hybridized carbons (Fsp3) is 0.222. The van der Waals surface area contributed by atoms with Crippen molar-refractivity contribution in [3.05, 3.63) is 63.0 Å². The van der Waals surface area contributed by atoms with Crippen LogP contribution in [0.4, 0.5) is 0 Å². The van der Waals surface area contributed by atoms with Gasteiger partial charge >= 0.3 is 0 Å². The number of halogens is 1. The SMILES string of the molecule is Cc1ccc(-c2nc3c(s2)CN(C(=O)c2ccc(Br)o2)CC3)cc1. The Morgan fingerprint density at radius 1 is 1.25 bits per heavy atom. The first-order valence-electron chi connectivity index (χ1n) is 7.70. The van der Waals surface area contributed by atoms with Gasteiger partial charge in [-0.25, -0.2) is 4.98 Å². The van der Waals surface area contributed by atoms with Gasteiger partial charge in [0.15, 0.2) is 10.4 Å². The number of fused-ring (bicyclic) bond motifs is 1. The molecule has 1 aromatic carbocycles. The Morgan fingerprint density at radius 2 is 2.04 bits per heavy atom. The van der Waals surface area contributed by atoms with E-state index in [4.69, 9.17) is 9.40 Å². The molecule has 3 aromatic rings. The molecular formula is C18H15BrN2O2S. The summed E-state index contributed by atoms with van der Waals surface area (Å²) in [7, 11) is 0. The Morgan fingerprint density at radius 3 is 2.75 bits per heavy atom. The first-order valence-corrected chi connectivity index (χ1v) is 9.31. The van der Waals surface area contributed by atoms with E-state index in [1.54, 1.807) is 23.5 Å². The summed E-state index contributed by atoms with van der Waals surface area (Å²) in [4.78, 5) is 20.3. The van der Waals surface area contributed by atoms with Crippen molar-refractivity contribution < 1.29 is 9.21 Å². The van der Waals surface area contributed by atoms with Crippen LogP contribution in [0.3, 0.4) is 0 Å². The maximum Gasteiger partial charge on any atom is 0.289 e. The fourth-order valence-corrected chi connectivity index (χ4v) is 4.21. The number of aryl methyl sites for hydroxylation is 1. The van der Waals surface area contributed by atoms with E-state index in [1.807, 2.05) is 4.90 Å². The smallest absolute Gasteiger partial charge is 0.289 e. The molecule has 0 atom stereocenters. The molecule has 0 saturated heterocycles. The molecule has 0 radical (unpaired) electrons. The van der Waals surface area contributed by atoms with Gasteiger partial charge in [-0.15, -0.1) is 11.3 Å². The number of amides is 1. The summed E-state index contributed by atoms with van der Waals surface area (Å²) >= 11 is 4.91. The summed E-state index contributed by atoms with van der Waals surface area (Å²) in [6.45, 7) is 3.34.